The second-order valence-corrected chi connectivity index (χ2v) is 10.7. The maximum Gasteiger partial charge on any atom is 0.261 e. The van der Waals surface area contributed by atoms with Gasteiger partial charge in [0, 0.05) is 41.5 Å². The minimum absolute atomic E-state index is 0.0614. The number of aryl methyl sites for hydroxylation is 1. The van der Waals surface area contributed by atoms with Gasteiger partial charge in [-0.25, -0.2) is 13.1 Å². The van der Waals surface area contributed by atoms with Crippen molar-refractivity contribution in [2.24, 2.45) is 0 Å². The van der Waals surface area contributed by atoms with Gasteiger partial charge in [-0.05, 0) is 56.6 Å². The lowest BCUT2D eigenvalue weighted by atomic mass is 9.94. The predicted molar refractivity (Wildman–Crippen MR) is 130 cm³/mol. The summed E-state index contributed by atoms with van der Waals surface area (Å²) in [6.07, 6.45) is 2.28. The third-order valence-electron chi connectivity index (χ3n) is 6.67. The molecule has 7 nitrogen and oxygen atoms in total. The van der Waals surface area contributed by atoms with Gasteiger partial charge in [0.1, 0.15) is 0 Å². The molecule has 176 valence electrons. The molecule has 34 heavy (non-hydrogen) atoms. The minimum Gasteiger partial charge on any atom is -0.302 e. The average molecular weight is 478 g/mol. The van der Waals surface area contributed by atoms with Crippen LogP contribution in [0.3, 0.4) is 0 Å². The van der Waals surface area contributed by atoms with Gasteiger partial charge >= 0.3 is 0 Å². The van der Waals surface area contributed by atoms with E-state index in [2.05, 4.69) is 9.62 Å². The average Bonchev–Trinajstić information content (AvgIpc) is 3.35. The summed E-state index contributed by atoms with van der Waals surface area (Å²) in [7, 11) is -3.88. The maximum atomic E-state index is 13.2. The van der Waals surface area contributed by atoms with Crippen LogP contribution in [0.25, 0.3) is 10.8 Å². The molecule has 2 heterocycles. The summed E-state index contributed by atoms with van der Waals surface area (Å²) in [5.41, 5.74) is 2.67. The molecular weight excluding hydrogens is 450 g/mol. The fraction of sp³-hybridized carbons (Fsp3) is 0.308. The number of nitrogens with one attached hydrogen (secondary N) is 1. The zero-order valence-corrected chi connectivity index (χ0v) is 19.9. The van der Waals surface area contributed by atoms with Gasteiger partial charge in [-0.15, -0.1) is 0 Å². The molecule has 0 aromatic heterocycles. The molecular formula is C26H27N3O4S. The zero-order valence-electron chi connectivity index (χ0n) is 19.1. The molecule has 5 rings (SSSR count). The number of hydrogen-bond acceptors (Lipinski definition) is 5. The molecule has 2 amide bonds. The van der Waals surface area contributed by atoms with Crippen LogP contribution in [0.15, 0.2) is 59.5 Å². The topological polar surface area (TPSA) is 86.8 Å². The summed E-state index contributed by atoms with van der Waals surface area (Å²) in [6, 6.07) is 15.6. The van der Waals surface area contributed by atoms with Crippen molar-refractivity contribution in [2.45, 2.75) is 31.2 Å². The largest absolute Gasteiger partial charge is 0.302 e. The van der Waals surface area contributed by atoms with Crippen LogP contribution in [0.4, 0.5) is 0 Å². The Morgan fingerprint density at radius 2 is 1.53 bits per heavy atom. The van der Waals surface area contributed by atoms with Gasteiger partial charge in [0.05, 0.1) is 4.90 Å². The number of benzene rings is 3. The molecule has 3 aromatic rings. The van der Waals surface area contributed by atoms with E-state index in [9.17, 15) is 18.0 Å². The Morgan fingerprint density at radius 3 is 2.24 bits per heavy atom. The van der Waals surface area contributed by atoms with Crippen LogP contribution in [-0.2, 0) is 16.6 Å². The Hall–Kier alpha value is -3.07. The number of carbonyl (C=O) groups excluding carboxylic acids is 2. The first-order valence-electron chi connectivity index (χ1n) is 11.5. The van der Waals surface area contributed by atoms with Gasteiger partial charge in [-0.1, -0.05) is 42.0 Å². The SMILES string of the molecule is Cc1ccc(CNS(=O)(=O)c2ccc3c4c(cccc24)C(=O)N(CCN2CCCC2)C3=O)cc1. The number of nitrogens with zero attached hydrogens (tertiary/aromatic N) is 2. The van der Waals surface area contributed by atoms with Crippen LogP contribution >= 0.6 is 0 Å². The van der Waals surface area contributed by atoms with Gasteiger partial charge < -0.3 is 4.90 Å². The minimum atomic E-state index is -3.88. The van der Waals surface area contributed by atoms with E-state index in [0.717, 1.165) is 37.1 Å². The van der Waals surface area contributed by atoms with Gasteiger partial charge in [-0.3, -0.25) is 14.5 Å². The van der Waals surface area contributed by atoms with Crippen molar-refractivity contribution in [1.82, 2.24) is 14.5 Å². The van der Waals surface area contributed by atoms with Crippen LogP contribution in [0.5, 0.6) is 0 Å². The summed E-state index contributed by atoms with van der Waals surface area (Å²) in [4.78, 5) is 30.1. The molecule has 2 aliphatic rings. The highest BCUT2D eigenvalue weighted by atomic mass is 32.2. The van der Waals surface area contributed by atoms with E-state index in [1.54, 1.807) is 18.2 Å². The van der Waals surface area contributed by atoms with Gasteiger partial charge in [0.25, 0.3) is 11.8 Å². The van der Waals surface area contributed by atoms with Crippen LogP contribution in [0.1, 0.15) is 44.7 Å². The van der Waals surface area contributed by atoms with E-state index in [1.807, 2.05) is 31.2 Å². The molecule has 8 heteroatoms. The second-order valence-electron chi connectivity index (χ2n) is 8.96. The molecule has 1 saturated heterocycles. The molecule has 2 aliphatic heterocycles. The van der Waals surface area contributed by atoms with E-state index in [4.69, 9.17) is 0 Å². The Bertz CT molecular complexity index is 1350. The number of rotatable bonds is 7. The van der Waals surface area contributed by atoms with Crippen molar-refractivity contribution in [2.75, 3.05) is 26.2 Å². The summed E-state index contributed by atoms with van der Waals surface area (Å²) in [5, 5.41) is 0.792. The summed E-state index contributed by atoms with van der Waals surface area (Å²) in [6.45, 7) is 5.06. The van der Waals surface area contributed by atoms with E-state index in [1.165, 1.54) is 17.0 Å². The zero-order chi connectivity index (χ0) is 23.9. The van der Waals surface area contributed by atoms with Crippen LogP contribution in [0, 0.1) is 6.92 Å². The van der Waals surface area contributed by atoms with Crippen molar-refractivity contribution in [3.63, 3.8) is 0 Å². The lowest BCUT2D eigenvalue weighted by molar-refractivity contribution is 0.0597. The number of imide groups is 1. The van der Waals surface area contributed by atoms with E-state index in [0.29, 0.717) is 35.0 Å². The second kappa shape index (κ2) is 8.94. The Morgan fingerprint density at radius 1 is 0.853 bits per heavy atom. The first-order chi connectivity index (χ1) is 16.3. The number of carbonyl (C=O) groups is 2. The Kier molecular flexibility index (Phi) is 5.97. The molecule has 0 saturated carbocycles. The molecule has 0 radical (unpaired) electrons. The van der Waals surface area contributed by atoms with Crippen molar-refractivity contribution in [3.05, 3.63) is 76.9 Å². The Balaban J connectivity index is 1.46. The van der Waals surface area contributed by atoms with Crippen molar-refractivity contribution in [1.29, 1.82) is 0 Å². The summed E-state index contributed by atoms with van der Waals surface area (Å²) < 4.78 is 29.0. The third kappa shape index (κ3) is 4.13. The summed E-state index contributed by atoms with van der Waals surface area (Å²) >= 11 is 0. The molecule has 0 atom stereocenters. The van der Waals surface area contributed by atoms with E-state index >= 15 is 0 Å². The molecule has 1 fully saturated rings. The number of amides is 2. The highest BCUT2D eigenvalue weighted by molar-refractivity contribution is 7.89. The standard InChI is InChI=1S/C26H27N3O4S/c1-18-7-9-19(10-8-18)17-27-34(32,33)23-12-11-22-24-20(23)5-4-6-21(24)25(30)29(26(22)31)16-15-28-13-2-3-14-28/h4-12,27H,2-3,13-17H2,1H3. The summed E-state index contributed by atoms with van der Waals surface area (Å²) in [5.74, 6) is -0.742. The van der Waals surface area contributed by atoms with Gasteiger partial charge in [0.2, 0.25) is 10.0 Å². The van der Waals surface area contributed by atoms with Crippen LogP contribution in [0.2, 0.25) is 0 Å². The Labute approximate surface area is 199 Å². The highest BCUT2D eigenvalue weighted by Crippen LogP contribution is 2.34. The molecule has 3 aromatic carbocycles. The first kappa shape index (κ1) is 22.7. The lowest BCUT2D eigenvalue weighted by Crippen LogP contribution is -2.44. The predicted octanol–water partition coefficient (Wildman–Crippen LogP) is 3.32. The molecule has 0 aliphatic carbocycles. The van der Waals surface area contributed by atoms with Gasteiger partial charge in [-0.2, -0.15) is 0 Å². The highest BCUT2D eigenvalue weighted by Gasteiger charge is 2.34. The van der Waals surface area contributed by atoms with Crippen LogP contribution in [-0.4, -0.2) is 56.2 Å². The first-order valence-corrected chi connectivity index (χ1v) is 13.0. The quantitative estimate of drug-likeness (QED) is 0.528. The fourth-order valence-corrected chi connectivity index (χ4v) is 5.99. The number of likely N-dealkylation sites (tertiary alicyclic amines) is 1. The molecule has 0 unspecified atom stereocenters. The molecule has 1 N–H and O–H groups in total. The number of sulfonamides is 1. The van der Waals surface area contributed by atoms with Crippen molar-refractivity contribution < 1.29 is 18.0 Å². The van der Waals surface area contributed by atoms with Gasteiger partial charge in [0.15, 0.2) is 0 Å². The normalized spacial score (nSPS) is 16.6. The smallest absolute Gasteiger partial charge is 0.261 e. The van der Waals surface area contributed by atoms with Crippen LogP contribution < -0.4 is 4.72 Å². The van der Waals surface area contributed by atoms with Crippen molar-refractivity contribution >= 4 is 32.6 Å². The molecule has 0 spiro atoms. The monoisotopic (exact) mass is 477 g/mol. The van der Waals surface area contributed by atoms with Crippen molar-refractivity contribution in [3.8, 4) is 0 Å². The number of hydrogen-bond donors (Lipinski definition) is 1. The maximum absolute atomic E-state index is 13.2. The molecule has 0 bridgehead atoms. The van der Waals surface area contributed by atoms with E-state index in [-0.39, 0.29) is 23.3 Å². The van der Waals surface area contributed by atoms with E-state index < -0.39 is 10.0 Å². The fourth-order valence-electron chi connectivity index (χ4n) is 4.77. The third-order valence-corrected chi connectivity index (χ3v) is 8.13. The lowest BCUT2D eigenvalue weighted by Gasteiger charge is -2.29.